The van der Waals surface area contributed by atoms with E-state index in [0.29, 0.717) is 11.1 Å². The molecule has 0 saturated carbocycles. The van der Waals surface area contributed by atoms with E-state index in [0.717, 1.165) is 5.56 Å². The van der Waals surface area contributed by atoms with Crippen molar-refractivity contribution in [2.45, 2.75) is 31.5 Å². The van der Waals surface area contributed by atoms with Gasteiger partial charge in [0, 0.05) is 19.2 Å². The predicted octanol–water partition coefficient (Wildman–Crippen LogP) is 3.42. The Bertz CT molecular complexity index is 955. The second-order valence-corrected chi connectivity index (χ2v) is 8.54. The van der Waals surface area contributed by atoms with Gasteiger partial charge in [-0.25, -0.2) is 8.42 Å². The Morgan fingerprint density at radius 3 is 2.25 bits per heavy atom. The molecular weight excluding hydrogens is 393 g/mol. The van der Waals surface area contributed by atoms with Crippen LogP contribution in [0.3, 0.4) is 0 Å². The van der Waals surface area contributed by atoms with E-state index < -0.39 is 28.7 Å². The monoisotopic (exact) mass is 414 g/mol. The average molecular weight is 414 g/mol. The number of alkyl halides is 3. The fourth-order valence-electron chi connectivity index (χ4n) is 2.54. The first-order chi connectivity index (χ1) is 12.9. The first kappa shape index (κ1) is 21.9. The highest BCUT2D eigenvalue weighted by Crippen LogP contribution is 2.22. The zero-order valence-electron chi connectivity index (χ0n) is 15.7. The maximum Gasteiger partial charge on any atom is 0.405 e. The smallest absolute Gasteiger partial charge is 0.343 e. The van der Waals surface area contributed by atoms with Gasteiger partial charge in [0.05, 0.1) is 4.90 Å². The molecule has 28 heavy (non-hydrogen) atoms. The molecule has 0 aromatic heterocycles. The molecule has 0 atom stereocenters. The number of nitrogens with zero attached hydrogens (tertiary/aromatic N) is 1. The molecule has 0 heterocycles. The van der Waals surface area contributed by atoms with Crippen LogP contribution in [0.1, 0.15) is 27.0 Å². The number of rotatable bonds is 6. The molecule has 2 aromatic rings. The third-order valence-electron chi connectivity index (χ3n) is 4.10. The number of carbonyl (C=O) groups is 1. The molecule has 0 fully saturated rings. The molecule has 0 aliphatic rings. The van der Waals surface area contributed by atoms with Gasteiger partial charge in [-0.2, -0.15) is 17.5 Å². The number of amides is 1. The molecule has 0 radical (unpaired) electrons. The van der Waals surface area contributed by atoms with Gasteiger partial charge >= 0.3 is 6.18 Å². The van der Waals surface area contributed by atoms with E-state index in [1.54, 1.807) is 31.3 Å². The van der Waals surface area contributed by atoms with Gasteiger partial charge in [-0.3, -0.25) is 4.79 Å². The first-order valence-corrected chi connectivity index (χ1v) is 9.81. The van der Waals surface area contributed by atoms with Crippen LogP contribution in [0.15, 0.2) is 47.4 Å². The second kappa shape index (κ2) is 8.32. The number of sulfonamides is 1. The molecule has 152 valence electrons. The molecule has 2 rings (SSSR count). The minimum atomic E-state index is -4.49. The van der Waals surface area contributed by atoms with E-state index in [1.807, 2.05) is 6.07 Å². The van der Waals surface area contributed by atoms with Crippen LogP contribution in [0.2, 0.25) is 0 Å². The van der Waals surface area contributed by atoms with Gasteiger partial charge in [-0.1, -0.05) is 24.3 Å². The normalized spacial score (nSPS) is 12.2. The average Bonchev–Trinajstić information content (AvgIpc) is 2.61. The molecule has 0 spiro atoms. The van der Waals surface area contributed by atoms with Gasteiger partial charge in [-0.05, 0) is 48.7 Å². The number of hydrogen-bond donors (Lipinski definition) is 1. The Balaban J connectivity index is 2.11. The third kappa shape index (κ3) is 5.56. The molecule has 1 amide bonds. The topological polar surface area (TPSA) is 66.5 Å². The minimum Gasteiger partial charge on any atom is -0.343 e. The van der Waals surface area contributed by atoms with Crippen LogP contribution < -0.4 is 5.32 Å². The molecular formula is C19H21F3N2O3S. The highest BCUT2D eigenvalue weighted by atomic mass is 32.2. The summed E-state index contributed by atoms with van der Waals surface area (Å²) in [5.41, 5.74) is 2.12. The minimum absolute atomic E-state index is 0.0557. The Morgan fingerprint density at radius 2 is 1.68 bits per heavy atom. The van der Waals surface area contributed by atoms with E-state index in [1.165, 1.54) is 35.6 Å². The number of benzene rings is 2. The second-order valence-electron chi connectivity index (χ2n) is 6.52. The molecule has 0 bridgehead atoms. The molecule has 0 saturated heterocycles. The fraction of sp³-hybridized carbons (Fsp3) is 0.316. The quantitative estimate of drug-likeness (QED) is 0.788. The van der Waals surface area contributed by atoms with Crippen molar-refractivity contribution in [1.82, 2.24) is 9.62 Å². The van der Waals surface area contributed by atoms with Gasteiger partial charge in [0.15, 0.2) is 0 Å². The largest absolute Gasteiger partial charge is 0.405 e. The third-order valence-corrected chi connectivity index (χ3v) is 6.05. The van der Waals surface area contributed by atoms with Crippen LogP contribution in [-0.4, -0.2) is 38.4 Å². The lowest BCUT2D eigenvalue weighted by molar-refractivity contribution is -0.123. The lowest BCUT2D eigenvalue weighted by atomic mass is 10.1. The van der Waals surface area contributed by atoms with E-state index in [9.17, 15) is 26.4 Å². The molecule has 2 aromatic carbocycles. The molecule has 5 nitrogen and oxygen atoms in total. The molecule has 0 aliphatic heterocycles. The lowest BCUT2D eigenvalue weighted by Gasteiger charge is -2.19. The summed E-state index contributed by atoms with van der Waals surface area (Å²) in [6.07, 6.45) is -4.49. The maximum atomic E-state index is 12.8. The summed E-state index contributed by atoms with van der Waals surface area (Å²) in [7, 11) is -2.27. The van der Waals surface area contributed by atoms with Gasteiger partial charge in [-0.15, -0.1) is 0 Å². The van der Waals surface area contributed by atoms with Crippen molar-refractivity contribution in [2.75, 3.05) is 13.6 Å². The number of aryl methyl sites for hydroxylation is 2. The summed E-state index contributed by atoms with van der Waals surface area (Å²) >= 11 is 0. The summed E-state index contributed by atoms with van der Waals surface area (Å²) in [5.74, 6) is -0.847. The van der Waals surface area contributed by atoms with Crippen molar-refractivity contribution in [3.63, 3.8) is 0 Å². The number of carbonyl (C=O) groups excluding carboxylic acids is 1. The number of hydrogen-bond acceptors (Lipinski definition) is 3. The fourth-order valence-corrected chi connectivity index (χ4v) is 4.00. The van der Waals surface area contributed by atoms with E-state index in [4.69, 9.17) is 0 Å². The van der Waals surface area contributed by atoms with Crippen molar-refractivity contribution in [1.29, 1.82) is 0 Å². The molecule has 1 N–H and O–H groups in total. The van der Waals surface area contributed by atoms with Crippen molar-refractivity contribution in [3.8, 4) is 0 Å². The molecule has 9 heteroatoms. The lowest BCUT2D eigenvalue weighted by Crippen LogP contribution is -2.33. The van der Waals surface area contributed by atoms with Crippen molar-refractivity contribution in [3.05, 3.63) is 64.7 Å². The highest BCUT2D eigenvalue weighted by molar-refractivity contribution is 7.89. The SMILES string of the molecule is Cc1ccc(C)c(S(=O)(=O)N(C)Cc2ccc(C(=O)NCC(F)(F)F)cc2)c1. The van der Waals surface area contributed by atoms with Crippen molar-refractivity contribution < 1.29 is 26.4 Å². The van der Waals surface area contributed by atoms with Gasteiger partial charge < -0.3 is 5.32 Å². The van der Waals surface area contributed by atoms with Crippen LogP contribution in [0.4, 0.5) is 13.2 Å². The maximum absolute atomic E-state index is 12.8. The Labute approximate surface area is 162 Å². The van der Waals surface area contributed by atoms with Crippen molar-refractivity contribution >= 4 is 15.9 Å². The van der Waals surface area contributed by atoms with Crippen LogP contribution in [-0.2, 0) is 16.6 Å². The summed E-state index contributed by atoms with van der Waals surface area (Å²) in [6, 6.07) is 10.9. The summed E-state index contributed by atoms with van der Waals surface area (Å²) in [4.78, 5) is 11.9. The van der Waals surface area contributed by atoms with Gasteiger partial charge in [0.25, 0.3) is 5.91 Å². The van der Waals surface area contributed by atoms with Gasteiger partial charge in [0.1, 0.15) is 6.54 Å². The van der Waals surface area contributed by atoms with Crippen LogP contribution in [0, 0.1) is 13.8 Å². The zero-order valence-corrected chi connectivity index (χ0v) is 16.5. The standard InChI is InChI=1S/C19H21F3N2O3S/c1-13-4-5-14(2)17(10-13)28(26,27)24(3)11-15-6-8-16(9-7-15)18(25)23-12-19(20,21)22/h4-10H,11-12H2,1-3H3,(H,23,25). The Kier molecular flexibility index (Phi) is 6.51. The predicted molar refractivity (Wildman–Crippen MR) is 99.4 cm³/mol. The summed E-state index contributed by atoms with van der Waals surface area (Å²) in [6.45, 7) is 2.17. The summed E-state index contributed by atoms with van der Waals surface area (Å²) < 4.78 is 63.3. The van der Waals surface area contributed by atoms with Crippen LogP contribution in [0.5, 0.6) is 0 Å². The Morgan fingerprint density at radius 1 is 1.07 bits per heavy atom. The highest BCUT2D eigenvalue weighted by Gasteiger charge is 2.28. The van der Waals surface area contributed by atoms with E-state index in [-0.39, 0.29) is 17.0 Å². The van der Waals surface area contributed by atoms with Crippen LogP contribution >= 0.6 is 0 Å². The molecule has 0 unspecified atom stereocenters. The number of halogens is 3. The first-order valence-electron chi connectivity index (χ1n) is 8.37. The van der Waals surface area contributed by atoms with E-state index in [2.05, 4.69) is 0 Å². The van der Waals surface area contributed by atoms with E-state index >= 15 is 0 Å². The Hall–Kier alpha value is -2.39. The van der Waals surface area contributed by atoms with Gasteiger partial charge in [0.2, 0.25) is 10.0 Å². The number of nitrogens with one attached hydrogen (secondary N) is 1. The zero-order chi connectivity index (χ0) is 21.1. The van der Waals surface area contributed by atoms with Crippen molar-refractivity contribution in [2.24, 2.45) is 0 Å². The molecule has 0 aliphatic carbocycles. The summed E-state index contributed by atoms with van der Waals surface area (Å²) in [5, 5.41) is 1.79. The van der Waals surface area contributed by atoms with Crippen LogP contribution in [0.25, 0.3) is 0 Å².